The van der Waals surface area contributed by atoms with Gasteiger partial charge < -0.3 is 5.32 Å². The van der Waals surface area contributed by atoms with Crippen LogP contribution in [0.3, 0.4) is 0 Å². The average Bonchev–Trinajstić information content (AvgIpc) is 2.22. The zero-order valence-electron chi connectivity index (χ0n) is 9.06. The van der Waals surface area contributed by atoms with Gasteiger partial charge in [0.1, 0.15) is 0 Å². The molecule has 1 aliphatic heterocycles. The second-order valence-corrected chi connectivity index (χ2v) is 3.76. The first kappa shape index (κ1) is 11.9. The summed E-state index contributed by atoms with van der Waals surface area (Å²) >= 11 is 5.14. The molecule has 4 heteroatoms. The second kappa shape index (κ2) is 5.66. The van der Waals surface area contributed by atoms with Crippen LogP contribution in [0.2, 0.25) is 0 Å². The molecule has 0 radical (unpaired) electrons. The van der Waals surface area contributed by atoms with E-state index in [0.29, 0.717) is 18.2 Å². The molecule has 0 aromatic heterocycles. The van der Waals surface area contributed by atoms with E-state index in [-0.39, 0.29) is 11.8 Å². The highest BCUT2D eigenvalue weighted by Gasteiger charge is 2.20. The Morgan fingerprint density at radius 1 is 1.60 bits per heavy atom. The number of hydrogen-bond donors (Lipinski definition) is 1. The normalized spacial score (nSPS) is 27.1. The summed E-state index contributed by atoms with van der Waals surface area (Å²) < 4.78 is 0. The molecule has 3 nitrogen and oxygen atoms in total. The Hall–Kier alpha value is -1.16. The van der Waals surface area contributed by atoms with Gasteiger partial charge in [-0.25, -0.2) is 0 Å². The van der Waals surface area contributed by atoms with Crippen LogP contribution < -0.4 is 5.32 Å². The molecule has 0 aromatic rings. The maximum absolute atomic E-state index is 11.9. The number of carbonyl (C=O) groups excluding carboxylic acids is 1. The van der Waals surface area contributed by atoms with Gasteiger partial charge in [0.25, 0.3) is 0 Å². The fourth-order valence-corrected chi connectivity index (χ4v) is 1.65. The van der Waals surface area contributed by atoms with E-state index in [4.69, 9.17) is 12.2 Å². The fraction of sp³-hybridized carbons (Fsp3) is 0.455. The smallest absolute Gasteiger partial charge is 0.235 e. The number of rotatable bonds is 1. The molecular formula is C11H16N2OS. The Morgan fingerprint density at radius 2 is 2.33 bits per heavy atom. The van der Waals surface area contributed by atoms with Gasteiger partial charge in [-0.2, -0.15) is 0 Å². The van der Waals surface area contributed by atoms with Crippen LogP contribution in [0.15, 0.2) is 24.3 Å². The van der Waals surface area contributed by atoms with E-state index < -0.39 is 0 Å². The molecule has 1 heterocycles. The first-order valence-corrected chi connectivity index (χ1v) is 5.50. The SMILES string of the molecule is CCN1C(=O)C(C)/C=C\C=C/CNC1=S. The van der Waals surface area contributed by atoms with Crippen molar-refractivity contribution in [3.8, 4) is 0 Å². The Balaban J connectivity index is 2.88. The minimum Gasteiger partial charge on any atom is -0.359 e. The van der Waals surface area contributed by atoms with Gasteiger partial charge >= 0.3 is 0 Å². The predicted octanol–water partition coefficient (Wildman–Crippen LogP) is 1.47. The summed E-state index contributed by atoms with van der Waals surface area (Å²) in [6, 6.07) is 0. The van der Waals surface area contributed by atoms with E-state index in [9.17, 15) is 4.79 Å². The lowest BCUT2D eigenvalue weighted by Gasteiger charge is -2.24. The Kier molecular flexibility index (Phi) is 4.49. The molecule has 0 spiro atoms. The predicted molar refractivity (Wildman–Crippen MR) is 65.4 cm³/mol. The van der Waals surface area contributed by atoms with Gasteiger partial charge in [-0.15, -0.1) is 0 Å². The molecular weight excluding hydrogens is 208 g/mol. The number of hydrogen-bond acceptors (Lipinski definition) is 2. The molecule has 1 N–H and O–H groups in total. The zero-order chi connectivity index (χ0) is 11.3. The standard InChI is InChI=1S/C11H16N2OS/c1-3-13-10(14)9(2)7-5-4-6-8-12-11(13)15/h4-7,9H,3,8H2,1-2H3,(H,12,15)/b6-4-,7-5-. The average molecular weight is 224 g/mol. The summed E-state index contributed by atoms with van der Waals surface area (Å²) in [5, 5.41) is 3.53. The molecule has 1 amide bonds. The van der Waals surface area contributed by atoms with E-state index in [1.807, 2.05) is 38.2 Å². The monoisotopic (exact) mass is 224 g/mol. The Labute approximate surface area is 95.8 Å². The molecule has 0 bridgehead atoms. The van der Waals surface area contributed by atoms with Gasteiger partial charge in [-0.1, -0.05) is 31.2 Å². The fourth-order valence-electron chi connectivity index (χ4n) is 1.35. The number of amides is 1. The maximum Gasteiger partial charge on any atom is 0.235 e. The summed E-state index contributed by atoms with van der Waals surface area (Å²) in [5.41, 5.74) is 0. The van der Waals surface area contributed by atoms with Crippen LogP contribution in [-0.4, -0.2) is 29.0 Å². The third-order valence-electron chi connectivity index (χ3n) is 2.24. The molecule has 1 atom stereocenters. The van der Waals surface area contributed by atoms with Crippen LogP contribution in [-0.2, 0) is 4.79 Å². The number of thiocarbonyl (C=S) groups is 1. The Morgan fingerprint density at radius 3 is 3.00 bits per heavy atom. The molecule has 82 valence electrons. The highest BCUT2D eigenvalue weighted by Crippen LogP contribution is 2.06. The molecule has 0 aromatic carbocycles. The van der Waals surface area contributed by atoms with Gasteiger partial charge in [-0.3, -0.25) is 9.69 Å². The lowest BCUT2D eigenvalue weighted by molar-refractivity contribution is -0.129. The summed E-state index contributed by atoms with van der Waals surface area (Å²) in [7, 11) is 0. The van der Waals surface area contributed by atoms with Gasteiger partial charge in [0.05, 0.1) is 5.92 Å². The molecule has 1 unspecified atom stereocenters. The van der Waals surface area contributed by atoms with E-state index in [2.05, 4.69) is 5.32 Å². The van der Waals surface area contributed by atoms with Gasteiger partial charge in [0, 0.05) is 13.1 Å². The third kappa shape index (κ3) is 3.16. The highest BCUT2D eigenvalue weighted by molar-refractivity contribution is 7.80. The summed E-state index contributed by atoms with van der Waals surface area (Å²) in [6.07, 6.45) is 7.67. The first-order valence-electron chi connectivity index (χ1n) is 5.09. The van der Waals surface area contributed by atoms with E-state index in [1.165, 1.54) is 0 Å². The summed E-state index contributed by atoms with van der Waals surface area (Å²) in [5.74, 6) is -0.0889. The second-order valence-electron chi connectivity index (χ2n) is 3.37. The number of carbonyl (C=O) groups is 1. The Bertz CT molecular complexity index is 310. The van der Waals surface area contributed by atoms with Crippen LogP contribution in [0, 0.1) is 5.92 Å². The van der Waals surface area contributed by atoms with Gasteiger partial charge in [0.15, 0.2) is 5.11 Å². The topological polar surface area (TPSA) is 32.3 Å². The number of nitrogens with one attached hydrogen (secondary N) is 1. The van der Waals surface area contributed by atoms with Crippen molar-refractivity contribution in [2.24, 2.45) is 5.92 Å². The zero-order valence-corrected chi connectivity index (χ0v) is 9.88. The van der Waals surface area contributed by atoms with Gasteiger partial charge in [0.2, 0.25) is 5.91 Å². The van der Waals surface area contributed by atoms with Crippen molar-refractivity contribution < 1.29 is 4.79 Å². The van der Waals surface area contributed by atoms with E-state index >= 15 is 0 Å². The van der Waals surface area contributed by atoms with Crippen LogP contribution in [0.1, 0.15) is 13.8 Å². The van der Waals surface area contributed by atoms with Crippen LogP contribution in [0.5, 0.6) is 0 Å². The van der Waals surface area contributed by atoms with E-state index in [1.54, 1.807) is 4.90 Å². The lowest BCUT2D eigenvalue weighted by Crippen LogP contribution is -2.45. The molecule has 15 heavy (non-hydrogen) atoms. The van der Waals surface area contributed by atoms with Crippen molar-refractivity contribution in [2.75, 3.05) is 13.1 Å². The van der Waals surface area contributed by atoms with Crippen LogP contribution in [0.25, 0.3) is 0 Å². The number of allylic oxidation sites excluding steroid dienone is 2. The van der Waals surface area contributed by atoms with Crippen LogP contribution in [0.4, 0.5) is 0 Å². The molecule has 0 fully saturated rings. The first-order chi connectivity index (χ1) is 7.16. The highest BCUT2D eigenvalue weighted by atomic mass is 32.1. The minimum absolute atomic E-state index is 0.0431. The quantitative estimate of drug-likeness (QED) is 0.685. The molecule has 0 saturated carbocycles. The van der Waals surface area contributed by atoms with Crippen molar-refractivity contribution >= 4 is 23.2 Å². The molecule has 1 rings (SSSR count). The minimum atomic E-state index is -0.132. The molecule has 0 aliphatic carbocycles. The van der Waals surface area contributed by atoms with Crippen molar-refractivity contribution in [2.45, 2.75) is 13.8 Å². The van der Waals surface area contributed by atoms with Crippen LogP contribution >= 0.6 is 12.2 Å². The third-order valence-corrected chi connectivity index (χ3v) is 2.60. The largest absolute Gasteiger partial charge is 0.359 e. The molecule has 1 aliphatic rings. The molecule has 0 saturated heterocycles. The van der Waals surface area contributed by atoms with Gasteiger partial charge in [-0.05, 0) is 19.1 Å². The maximum atomic E-state index is 11.9. The van der Waals surface area contributed by atoms with Crippen molar-refractivity contribution in [3.63, 3.8) is 0 Å². The lowest BCUT2D eigenvalue weighted by atomic mass is 10.1. The summed E-state index contributed by atoms with van der Waals surface area (Å²) in [6.45, 7) is 5.05. The van der Waals surface area contributed by atoms with Crippen molar-refractivity contribution in [1.29, 1.82) is 0 Å². The number of nitrogens with zero attached hydrogens (tertiary/aromatic N) is 1. The van der Waals surface area contributed by atoms with Crippen molar-refractivity contribution in [1.82, 2.24) is 10.2 Å². The van der Waals surface area contributed by atoms with Crippen molar-refractivity contribution in [3.05, 3.63) is 24.3 Å². The van der Waals surface area contributed by atoms with E-state index in [0.717, 1.165) is 0 Å². The summed E-state index contributed by atoms with van der Waals surface area (Å²) in [4.78, 5) is 13.5.